The number of nitrogens with one attached hydrogen (secondary N) is 1. The molecule has 1 amide bonds. The third kappa shape index (κ3) is 4.93. The number of nitrogen functional groups attached to an aromatic ring is 1. The van der Waals surface area contributed by atoms with Crippen molar-refractivity contribution in [2.45, 2.75) is 64.3 Å². The number of amides is 1. The van der Waals surface area contributed by atoms with Crippen LogP contribution in [0.2, 0.25) is 0 Å². The number of unbranched alkanes of at least 4 members (excludes halogenated alkanes) is 2. The molecule has 1 aromatic carbocycles. The van der Waals surface area contributed by atoms with Crippen LogP contribution >= 0.6 is 0 Å². The van der Waals surface area contributed by atoms with Crippen LogP contribution in [-0.4, -0.2) is 18.6 Å². The molecule has 3 N–H and O–H groups in total. The summed E-state index contributed by atoms with van der Waals surface area (Å²) in [5.74, 6) is 0.595. The quantitative estimate of drug-likeness (QED) is 0.593. The van der Waals surface area contributed by atoms with Gasteiger partial charge in [0.15, 0.2) is 0 Å². The highest BCUT2D eigenvalue weighted by atomic mass is 16.5. The molecule has 0 unspecified atom stereocenters. The summed E-state index contributed by atoms with van der Waals surface area (Å²) >= 11 is 0. The second kappa shape index (κ2) is 8.66. The molecule has 1 saturated carbocycles. The lowest BCUT2D eigenvalue weighted by Gasteiger charge is -2.23. The van der Waals surface area contributed by atoms with E-state index in [1.807, 2.05) is 0 Å². The summed E-state index contributed by atoms with van der Waals surface area (Å²) in [6.07, 6.45) is 9.17. The summed E-state index contributed by atoms with van der Waals surface area (Å²) in [6, 6.07) is 5.60. The highest BCUT2D eigenvalue weighted by Crippen LogP contribution is 2.24. The van der Waals surface area contributed by atoms with Crippen molar-refractivity contribution in [2.75, 3.05) is 12.3 Å². The summed E-state index contributed by atoms with van der Waals surface area (Å²) in [6.45, 7) is 2.80. The number of anilines is 1. The van der Waals surface area contributed by atoms with Gasteiger partial charge in [0.1, 0.15) is 5.75 Å². The molecule has 4 heteroatoms. The van der Waals surface area contributed by atoms with Gasteiger partial charge in [-0.25, -0.2) is 0 Å². The first kappa shape index (κ1) is 16.7. The number of carbonyl (C=O) groups is 1. The van der Waals surface area contributed by atoms with Crippen LogP contribution in [0, 0.1) is 0 Å². The average molecular weight is 304 g/mol. The van der Waals surface area contributed by atoms with E-state index in [-0.39, 0.29) is 5.91 Å². The Morgan fingerprint density at radius 2 is 2.05 bits per heavy atom. The molecule has 0 heterocycles. The molecule has 0 atom stereocenters. The van der Waals surface area contributed by atoms with E-state index in [0.717, 1.165) is 32.1 Å². The fourth-order valence-electron chi connectivity index (χ4n) is 2.85. The summed E-state index contributed by atoms with van der Waals surface area (Å²) in [7, 11) is 0. The van der Waals surface area contributed by atoms with Crippen LogP contribution in [0.3, 0.4) is 0 Å². The Hall–Kier alpha value is -1.71. The Kier molecular flexibility index (Phi) is 6.56. The van der Waals surface area contributed by atoms with Gasteiger partial charge in [0.05, 0.1) is 12.3 Å². The van der Waals surface area contributed by atoms with Gasteiger partial charge in [-0.3, -0.25) is 4.79 Å². The molecular weight excluding hydrogens is 276 g/mol. The summed E-state index contributed by atoms with van der Waals surface area (Å²) in [5.41, 5.74) is 7.15. The van der Waals surface area contributed by atoms with E-state index in [1.165, 1.54) is 19.3 Å². The molecule has 1 aliphatic carbocycles. The van der Waals surface area contributed by atoms with Gasteiger partial charge in [-0.1, -0.05) is 39.0 Å². The van der Waals surface area contributed by atoms with Crippen LogP contribution in [-0.2, 0) is 0 Å². The molecule has 1 fully saturated rings. The van der Waals surface area contributed by atoms with Gasteiger partial charge < -0.3 is 15.8 Å². The lowest BCUT2D eigenvalue weighted by atomic mass is 9.95. The average Bonchev–Trinajstić information content (AvgIpc) is 2.54. The predicted molar refractivity (Wildman–Crippen MR) is 90.2 cm³/mol. The first-order valence-electron chi connectivity index (χ1n) is 8.54. The molecule has 0 aromatic heterocycles. The van der Waals surface area contributed by atoms with Crippen LogP contribution in [0.15, 0.2) is 18.2 Å². The predicted octanol–water partition coefficient (Wildman–Crippen LogP) is 3.90. The van der Waals surface area contributed by atoms with Crippen molar-refractivity contribution >= 4 is 11.6 Å². The fourth-order valence-corrected chi connectivity index (χ4v) is 2.85. The first-order valence-corrected chi connectivity index (χ1v) is 8.54. The maximum Gasteiger partial charge on any atom is 0.251 e. The van der Waals surface area contributed by atoms with Crippen LogP contribution in [0.1, 0.15) is 68.6 Å². The molecule has 0 spiro atoms. The van der Waals surface area contributed by atoms with E-state index < -0.39 is 0 Å². The minimum Gasteiger partial charge on any atom is -0.491 e. The van der Waals surface area contributed by atoms with E-state index in [0.29, 0.717) is 29.6 Å². The number of hydrogen-bond donors (Lipinski definition) is 2. The van der Waals surface area contributed by atoms with Gasteiger partial charge in [0.25, 0.3) is 5.91 Å². The number of carbonyl (C=O) groups excluding carboxylic acids is 1. The van der Waals surface area contributed by atoms with Crippen molar-refractivity contribution in [3.63, 3.8) is 0 Å². The number of ether oxygens (including phenoxy) is 1. The van der Waals surface area contributed by atoms with Gasteiger partial charge in [-0.2, -0.15) is 0 Å². The highest BCUT2D eigenvalue weighted by Gasteiger charge is 2.17. The molecule has 0 saturated heterocycles. The molecule has 2 rings (SSSR count). The first-order chi connectivity index (χ1) is 10.7. The molecule has 1 aromatic rings. The lowest BCUT2D eigenvalue weighted by Crippen LogP contribution is -2.36. The van der Waals surface area contributed by atoms with Crippen molar-refractivity contribution in [2.24, 2.45) is 0 Å². The van der Waals surface area contributed by atoms with Crippen molar-refractivity contribution in [1.29, 1.82) is 0 Å². The molecule has 1 aliphatic rings. The van der Waals surface area contributed by atoms with Crippen LogP contribution in [0.25, 0.3) is 0 Å². The third-order valence-electron chi connectivity index (χ3n) is 4.22. The number of benzene rings is 1. The minimum atomic E-state index is -0.0229. The number of nitrogens with two attached hydrogens (primary N) is 1. The summed E-state index contributed by atoms with van der Waals surface area (Å²) < 4.78 is 5.71. The second-order valence-electron chi connectivity index (χ2n) is 6.12. The second-order valence-corrected chi connectivity index (χ2v) is 6.12. The van der Waals surface area contributed by atoms with Gasteiger partial charge in [-0.15, -0.1) is 0 Å². The zero-order valence-electron chi connectivity index (χ0n) is 13.6. The van der Waals surface area contributed by atoms with Crippen LogP contribution in [0.4, 0.5) is 5.69 Å². The standard InChI is InChI=1S/C18H28N2O2/c1-2-3-7-12-22-17-13-14(10-11-16(17)19)18(21)20-15-8-5-4-6-9-15/h10-11,13,15H,2-9,12,19H2,1H3,(H,20,21). The SMILES string of the molecule is CCCCCOc1cc(C(=O)NC2CCCCC2)ccc1N. The molecule has 22 heavy (non-hydrogen) atoms. The molecule has 0 bridgehead atoms. The Balaban J connectivity index is 1.93. The largest absolute Gasteiger partial charge is 0.491 e. The smallest absolute Gasteiger partial charge is 0.251 e. The Bertz CT molecular complexity index is 482. The normalized spacial score (nSPS) is 15.5. The monoisotopic (exact) mass is 304 g/mol. The van der Waals surface area contributed by atoms with Crippen molar-refractivity contribution in [1.82, 2.24) is 5.32 Å². The molecular formula is C18H28N2O2. The zero-order valence-corrected chi connectivity index (χ0v) is 13.6. The van der Waals surface area contributed by atoms with Crippen molar-refractivity contribution in [3.05, 3.63) is 23.8 Å². The maximum atomic E-state index is 12.3. The summed E-state index contributed by atoms with van der Waals surface area (Å²) in [5, 5.41) is 3.12. The topological polar surface area (TPSA) is 64.3 Å². The fraction of sp³-hybridized carbons (Fsp3) is 0.611. The van der Waals surface area contributed by atoms with Gasteiger partial charge in [-0.05, 0) is 37.5 Å². The van der Waals surface area contributed by atoms with Crippen LogP contribution in [0.5, 0.6) is 5.75 Å². The molecule has 0 aliphatic heterocycles. The third-order valence-corrected chi connectivity index (χ3v) is 4.22. The lowest BCUT2D eigenvalue weighted by molar-refractivity contribution is 0.0927. The number of hydrogen-bond acceptors (Lipinski definition) is 3. The summed E-state index contributed by atoms with van der Waals surface area (Å²) in [4.78, 5) is 12.3. The molecule has 4 nitrogen and oxygen atoms in total. The Labute approximate surface area is 133 Å². The highest BCUT2D eigenvalue weighted by molar-refractivity contribution is 5.95. The van der Waals surface area contributed by atoms with E-state index in [2.05, 4.69) is 12.2 Å². The van der Waals surface area contributed by atoms with E-state index in [4.69, 9.17) is 10.5 Å². The minimum absolute atomic E-state index is 0.0229. The maximum absolute atomic E-state index is 12.3. The van der Waals surface area contributed by atoms with Gasteiger partial charge in [0.2, 0.25) is 0 Å². The Morgan fingerprint density at radius 3 is 2.77 bits per heavy atom. The number of rotatable bonds is 7. The van der Waals surface area contributed by atoms with E-state index in [9.17, 15) is 4.79 Å². The van der Waals surface area contributed by atoms with E-state index >= 15 is 0 Å². The van der Waals surface area contributed by atoms with Gasteiger partial charge in [0, 0.05) is 11.6 Å². The zero-order chi connectivity index (χ0) is 15.8. The van der Waals surface area contributed by atoms with Gasteiger partial charge >= 0.3 is 0 Å². The Morgan fingerprint density at radius 1 is 1.27 bits per heavy atom. The molecule has 122 valence electrons. The molecule has 0 radical (unpaired) electrons. The van der Waals surface area contributed by atoms with Crippen molar-refractivity contribution < 1.29 is 9.53 Å². The van der Waals surface area contributed by atoms with E-state index in [1.54, 1.807) is 18.2 Å². The van der Waals surface area contributed by atoms with Crippen molar-refractivity contribution in [3.8, 4) is 5.75 Å². The van der Waals surface area contributed by atoms with Crippen LogP contribution < -0.4 is 15.8 Å².